The SMILES string of the molecule is CCCCCCCCCOc1ccc(/C=N\n2c(CC)n[nH]c2=S)cc1OCC. The molecule has 29 heavy (non-hydrogen) atoms. The molecule has 0 aliphatic carbocycles. The molecule has 0 fully saturated rings. The molecule has 7 heteroatoms. The Hall–Kier alpha value is -2.15. The van der Waals surface area contributed by atoms with Crippen LogP contribution in [0.5, 0.6) is 11.5 Å². The summed E-state index contributed by atoms with van der Waals surface area (Å²) in [5.41, 5.74) is 0.918. The predicted octanol–water partition coefficient (Wildman–Crippen LogP) is 5.91. The van der Waals surface area contributed by atoms with Gasteiger partial charge in [-0.05, 0) is 49.3 Å². The normalized spacial score (nSPS) is 11.3. The second-order valence-corrected chi connectivity index (χ2v) is 7.35. The molecular formula is C22H34N4O2S. The molecule has 0 saturated carbocycles. The number of aromatic nitrogens is 3. The number of unbranched alkanes of at least 4 members (excludes halogenated alkanes) is 6. The third-order valence-corrected chi connectivity index (χ3v) is 4.89. The number of benzene rings is 1. The van der Waals surface area contributed by atoms with E-state index in [0.717, 1.165) is 35.7 Å². The van der Waals surface area contributed by atoms with Crippen LogP contribution in [-0.2, 0) is 6.42 Å². The van der Waals surface area contributed by atoms with Crippen LogP contribution in [0.3, 0.4) is 0 Å². The zero-order chi connectivity index (χ0) is 20.9. The molecule has 0 bridgehead atoms. The molecule has 1 aromatic heterocycles. The van der Waals surface area contributed by atoms with Gasteiger partial charge in [-0.15, -0.1) is 0 Å². The summed E-state index contributed by atoms with van der Waals surface area (Å²) in [6.07, 6.45) is 11.4. The first-order valence-corrected chi connectivity index (χ1v) is 11.2. The van der Waals surface area contributed by atoms with Crippen LogP contribution in [0.25, 0.3) is 0 Å². The predicted molar refractivity (Wildman–Crippen MR) is 121 cm³/mol. The number of rotatable bonds is 14. The summed E-state index contributed by atoms with van der Waals surface area (Å²) in [7, 11) is 0. The minimum atomic E-state index is 0.484. The van der Waals surface area contributed by atoms with E-state index in [9.17, 15) is 0 Å². The van der Waals surface area contributed by atoms with E-state index in [0.29, 0.717) is 18.0 Å². The van der Waals surface area contributed by atoms with E-state index in [1.54, 1.807) is 10.9 Å². The second kappa shape index (κ2) is 13.1. The number of nitrogens with zero attached hydrogens (tertiary/aromatic N) is 3. The minimum Gasteiger partial charge on any atom is -0.490 e. The molecule has 160 valence electrons. The zero-order valence-electron chi connectivity index (χ0n) is 17.9. The Kier molecular flexibility index (Phi) is 10.5. The van der Waals surface area contributed by atoms with Crippen LogP contribution in [0.2, 0.25) is 0 Å². The van der Waals surface area contributed by atoms with Crippen molar-refractivity contribution in [3.8, 4) is 11.5 Å². The molecule has 1 N–H and O–H groups in total. The summed E-state index contributed by atoms with van der Waals surface area (Å²) < 4.78 is 13.9. The Morgan fingerprint density at radius 1 is 1.03 bits per heavy atom. The molecule has 0 aliphatic rings. The third-order valence-electron chi connectivity index (χ3n) is 4.63. The highest BCUT2D eigenvalue weighted by molar-refractivity contribution is 7.71. The Labute approximate surface area is 179 Å². The van der Waals surface area contributed by atoms with E-state index < -0.39 is 0 Å². The Bertz CT molecular complexity index is 813. The second-order valence-electron chi connectivity index (χ2n) is 6.96. The molecular weight excluding hydrogens is 384 g/mol. The average Bonchev–Trinajstić information content (AvgIpc) is 3.09. The quantitative estimate of drug-likeness (QED) is 0.235. The van der Waals surface area contributed by atoms with Gasteiger partial charge in [-0.2, -0.15) is 14.9 Å². The van der Waals surface area contributed by atoms with E-state index >= 15 is 0 Å². The highest BCUT2D eigenvalue weighted by Gasteiger charge is 2.07. The van der Waals surface area contributed by atoms with Gasteiger partial charge in [-0.1, -0.05) is 52.4 Å². The summed E-state index contributed by atoms with van der Waals surface area (Å²) >= 11 is 5.23. The molecule has 1 aromatic carbocycles. The van der Waals surface area contributed by atoms with Crippen molar-refractivity contribution in [2.24, 2.45) is 5.10 Å². The lowest BCUT2D eigenvalue weighted by atomic mass is 10.1. The van der Waals surface area contributed by atoms with Gasteiger partial charge in [0.1, 0.15) is 0 Å². The fourth-order valence-electron chi connectivity index (χ4n) is 3.03. The smallest absolute Gasteiger partial charge is 0.216 e. The lowest BCUT2D eigenvalue weighted by Crippen LogP contribution is -2.02. The van der Waals surface area contributed by atoms with Crippen molar-refractivity contribution in [1.29, 1.82) is 0 Å². The van der Waals surface area contributed by atoms with E-state index in [1.165, 1.54) is 38.5 Å². The summed E-state index contributed by atoms with van der Waals surface area (Å²) in [5.74, 6) is 2.32. The Morgan fingerprint density at radius 3 is 2.52 bits per heavy atom. The number of aryl methyl sites for hydroxylation is 1. The van der Waals surface area contributed by atoms with E-state index in [2.05, 4.69) is 22.2 Å². The Balaban J connectivity index is 1.93. The van der Waals surface area contributed by atoms with Crippen LogP contribution < -0.4 is 9.47 Å². The maximum absolute atomic E-state index is 5.97. The summed E-state index contributed by atoms with van der Waals surface area (Å²) in [6.45, 7) is 7.53. The molecule has 0 amide bonds. The highest BCUT2D eigenvalue weighted by atomic mass is 32.1. The molecule has 1 heterocycles. The molecule has 0 atom stereocenters. The van der Waals surface area contributed by atoms with Crippen LogP contribution in [0, 0.1) is 4.77 Å². The number of aromatic amines is 1. The minimum absolute atomic E-state index is 0.484. The van der Waals surface area contributed by atoms with Crippen LogP contribution >= 0.6 is 12.2 Å². The monoisotopic (exact) mass is 418 g/mol. The van der Waals surface area contributed by atoms with Gasteiger partial charge in [0.25, 0.3) is 0 Å². The lowest BCUT2D eigenvalue weighted by molar-refractivity contribution is 0.270. The maximum atomic E-state index is 5.97. The van der Waals surface area contributed by atoms with Crippen molar-refractivity contribution >= 4 is 18.4 Å². The highest BCUT2D eigenvalue weighted by Crippen LogP contribution is 2.28. The number of nitrogens with one attached hydrogen (secondary N) is 1. The van der Waals surface area contributed by atoms with Gasteiger partial charge in [0.15, 0.2) is 17.3 Å². The molecule has 6 nitrogen and oxygen atoms in total. The first kappa shape index (κ1) is 23.1. The fraction of sp³-hybridized carbons (Fsp3) is 0.591. The number of ether oxygens (including phenoxy) is 2. The fourth-order valence-corrected chi connectivity index (χ4v) is 3.23. The van der Waals surface area contributed by atoms with Crippen molar-refractivity contribution in [1.82, 2.24) is 14.9 Å². The van der Waals surface area contributed by atoms with Crippen LogP contribution in [0.1, 0.15) is 77.1 Å². The lowest BCUT2D eigenvalue weighted by Gasteiger charge is -2.12. The standard InChI is InChI=1S/C22H34N4O2S/c1-4-7-8-9-10-11-12-15-28-19-14-13-18(16-20(19)27-6-3)17-23-26-21(5-2)24-25-22(26)29/h13-14,16-17H,4-12,15H2,1-3H3,(H,25,29)/b23-17-. The van der Waals surface area contributed by atoms with Crippen LogP contribution in [0.4, 0.5) is 0 Å². The number of hydrogen-bond donors (Lipinski definition) is 1. The molecule has 0 saturated heterocycles. The molecule has 0 radical (unpaired) electrons. The van der Waals surface area contributed by atoms with Crippen molar-refractivity contribution in [3.63, 3.8) is 0 Å². The zero-order valence-corrected chi connectivity index (χ0v) is 18.8. The molecule has 0 aliphatic heterocycles. The molecule has 0 unspecified atom stereocenters. The topological polar surface area (TPSA) is 64.4 Å². The molecule has 0 spiro atoms. The van der Waals surface area contributed by atoms with E-state index in [1.807, 2.05) is 32.0 Å². The largest absolute Gasteiger partial charge is 0.490 e. The summed E-state index contributed by atoms with van der Waals surface area (Å²) in [5, 5.41) is 11.4. The van der Waals surface area contributed by atoms with Crippen molar-refractivity contribution in [2.75, 3.05) is 13.2 Å². The molecule has 2 aromatic rings. The average molecular weight is 419 g/mol. The van der Waals surface area contributed by atoms with Gasteiger partial charge in [-0.3, -0.25) is 5.10 Å². The van der Waals surface area contributed by atoms with Crippen LogP contribution in [-0.4, -0.2) is 34.3 Å². The molecule has 2 rings (SSSR count). The summed E-state index contributed by atoms with van der Waals surface area (Å²) in [4.78, 5) is 0. The number of hydrogen-bond acceptors (Lipinski definition) is 5. The third kappa shape index (κ3) is 7.65. The van der Waals surface area contributed by atoms with Crippen molar-refractivity contribution in [3.05, 3.63) is 34.4 Å². The van der Waals surface area contributed by atoms with Crippen molar-refractivity contribution < 1.29 is 9.47 Å². The number of H-pyrrole nitrogens is 1. The van der Waals surface area contributed by atoms with Gasteiger partial charge in [-0.25, -0.2) is 0 Å². The van der Waals surface area contributed by atoms with Crippen molar-refractivity contribution in [2.45, 2.75) is 72.1 Å². The van der Waals surface area contributed by atoms with Gasteiger partial charge >= 0.3 is 0 Å². The van der Waals surface area contributed by atoms with Gasteiger partial charge in [0.05, 0.1) is 19.4 Å². The first-order valence-electron chi connectivity index (χ1n) is 10.8. The van der Waals surface area contributed by atoms with E-state index in [4.69, 9.17) is 21.7 Å². The Morgan fingerprint density at radius 2 is 1.79 bits per heavy atom. The van der Waals surface area contributed by atoms with Gasteiger partial charge in [0, 0.05) is 6.42 Å². The van der Waals surface area contributed by atoms with Crippen LogP contribution in [0.15, 0.2) is 23.3 Å². The summed E-state index contributed by atoms with van der Waals surface area (Å²) in [6, 6.07) is 5.87. The van der Waals surface area contributed by atoms with Gasteiger partial charge in [0.2, 0.25) is 4.77 Å². The first-order chi connectivity index (χ1) is 14.2. The van der Waals surface area contributed by atoms with Gasteiger partial charge < -0.3 is 9.47 Å². The maximum Gasteiger partial charge on any atom is 0.216 e. The van der Waals surface area contributed by atoms with E-state index in [-0.39, 0.29) is 0 Å².